The van der Waals surface area contributed by atoms with E-state index in [-0.39, 0.29) is 11.3 Å². The molecule has 1 aromatic rings. The van der Waals surface area contributed by atoms with Crippen molar-refractivity contribution < 1.29 is 13.2 Å². The second-order valence-corrected chi connectivity index (χ2v) is 10.9. The SMILES string of the molecule is CC(=O)CC1(N2CCC(N[C@@H]3C[C@H]3c3ccccc3)CC2)CN(S(C)(=O)=O)C1. The van der Waals surface area contributed by atoms with E-state index < -0.39 is 10.0 Å². The average Bonchev–Trinajstić information content (AvgIpc) is 3.37. The van der Waals surface area contributed by atoms with E-state index in [0.29, 0.717) is 37.5 Å². The normalized spacial score (nSPS) is 28.6. The highest BCUT2D eigenvalue weighted by Gasteiger charge is 2.52. The first-order valence-corrected chi connectivity index (χ1v) is 12.1. The predicted octanol–water partition coefficient (Wildman–Crippen LogP) is 1.59. The molecule has 3 aliphatic rings. The maximum atomic E-state index is 11.8. The number of sulfonamides is 1. The molecular formula is C21H31N3O3S. The minimum absolute atomic E-state index is 0.136. The molecule has 1 N–H and O–H groups in total. The van der Waals surface area contributed by atoms with E-state index in [1.54, 1.807) is 6.92 Å². The molecule has 6 nitrogen and oxygen atoms in total. The Morgan fingerprint density at radius 3 is 2.39 bits per heavy atom. The van der Waals surface area contributed by atoms with Gasteiger partial charge >= 0.3 is 0 Å². The van der Waals surface area contributed by atoms with Crippen molar-refractivity contribution in [3.8, 4) is 0 Å². The summed E-state index contributed by atoms with van der Waals surface area (Å²) in [5, 5.41) is 3.82. The molecule has 1 saturated carbocycles. The van der Waals surface area contributed by atoms with Gasteiger partial charge in [-0.05, 0) is 31.7 Å². The second kappa shape index (κ2) is 7.52. The van der Waals surface area contributed by atoms with Crippen LogP contribution in [0, 0.1) is 0 Å². The van der Waals surface area contributed by atoms with Gasteiger partial charge in [-0.1, -0.05) is 30.3 Å². The maximum Gasteiger partial charge on any atom is 0.211 e. The van der Waals surface area contributed by atoms with Gasteiger partial charge < -0.3 is 5.32 Å². The lowest BCUT2D eigenvalue weighted by atomic mass is 9.83. The third-order valence-electron chi connectivity index (χ3n) is 6.62. The fourth-order valence-electron chi connectivity index (χ4n) is 5.00. The molecular weight excluding hydrogens is 374 g/mol. The molecule has 0 aromatic heterocycles. The number of hydrogen-bond donors (Lipinski definition) is 1. The van der Waals surface area contributed by atoms with Gasteiger partial charge in [0.15, 0.2) is 0 Å². The van der Waals surface area contributed by atoms with Gasteiger partial charge in [0.05, 0.1) is 11.8 Å². The minimum Gasteiger partial charge on any atom is -0.311 e. The Kier molecular flexibility index (Phi) is 5.37. The van der Waals surface area contributed by atoms with E-state index in [9.17, 15) is 13.2 Å². The lowest BCUT2D eigenvalue weighted by Gasteiger charge is -2.56. The van der Waals surface area contributed by atoms with Gasteiger partial charge in [-0.25, -0.2) is 8.42 Å². The predicted molar refractivity (Wildman–Crippen MR) is 110 cm³/mol. The van der Waals surface area contributed by atoms with Crippen LogP contribution in [0.3, 0.4) is 0 Å². The molecule has 2 atom stereocenters. The summed E-state index contributed by atoms with van der Waals surface area (Å²) in [7, 11) is -3.18. The van der Waals surface area contributed by atoms with Crippen molar-refractivity contribution in [3.63, 3.8) is 0 Å². The Labute approximate surface area is 168 Å². The van der Waals surface area contributed by atoms with Crippen LogP contribution >= 0.6 is 0 Å². The molecule has 7 heteroatoms. The number of nitrogens with one attached hydrogen (secondary N) is 1. The number of rotatable bonds is 7. The summed E-state index contributed by atoms with van der Waals surface area (Å²) in [5.74, 6) is 0.773. The highest BCUT2D eigenvalue weighted by atomic mass is 32.2. The van der Waals surface area contributed by atoms with Gasteiger partial charge in [-0.2, -0.15) is 4.31 Å². The Balaban J connectivity index is 1.30. The first-order chi connectivity index (χ1) is 13.3. The largest absolute Gasteiger partial charge is 0.311 e. The maximum absolute atomic E-state index is 11.8. The van der Waals surface area contributed by atoms with Crippen molar-refractivity contribution in [3.05, 3.63) is 35.9 Å². The monoisotopic (exact) mass is 405 g/mol. The van der Waals surface area contributed by atoms with Crippen LogP contribution < -0.4 is 5.32 Å². The van der Waals surface area contributed by atoms with Gasteiger partial charge in [0.1, 0.15) is 5.78 Å². The standard InChI is InChI=1S/C21H31N3O3S/c1-16(25)13-21(14-24(15-21)28(2,26)27)23-10-8-18(9-11-23)22-20-12-19(20)17-6-4-3-5-7-17/h3-7,18-20,22H,8-15H2,1-2H3/t19-,20+/m0/s1. The van der Waals surface area contributed by atoms with Crippen molar-refractivity contribution in [2.75, 3.05) is 32.4 Å². The van der Waals surface area contributed by atoms with E-state index >= 15 is 0 Å². The summed E-state index contributed by atoms with van der Waals surface area (Å²) in [6, 6.07) is 11.8. The molecule has 4 rings (SSSR count). The van der Waals surface area contributed by atoms with Crippen LogP contribution in [-0.4, -0.2) is 73.5 Å². The fraction of sp³-hybridized carbons (Fsp3) is 0.667. The second-order valence-electron chi connectivity index (χ2n) is 8.92. The fourth-order valence-corrected chi connectivity index (χ4v) is 5.95. The number of hydrogen-bond acceptors (Lipinski definition) is 5. The zero-order valence-electron chi connectivity index (χ0n) is 16.8. The van der Waals surface area contributed by atoms with Crippen LogP contribution in [0.15, 0.2) is 30.3 Å². The highest BCUT2D eigenvalue weighted by Crippen LogP contribution is 2.42. The molecule has 28 heavy (non-hydrogen) atoms. The van der Waals surface area contributed by atoms with Gasteiger partial charge in [-0.15, -0.1) is 0 Å². The zero-order valence-corrected chi connectivity index (χ0v) is 17.6. The lowest BCUT2D eigenvalue weighted by Crippen LogP contribution is -2.72. The number of carbonyl (C=O) groups is 1. The molecule has 1 aromatic carbocycles. The zero-order chi connectivity index (χ0) is 19.9. The summed E-state index contributed by atoms with van der Waals surface area (Å²) in [6.07, 6.45) is 5.00. The van der Waals surface area contributed by atoms with E-state index in [0.717, 1.165) is 25.9 Å². The highest BCUT2D eigenvalue weighted by molar-refractivity contribution is 7.88. The third-order valence-corrected chi connectivity index (χ3v) is 7.82. The Bertz CT molecular complexity index is 813. The summed E-state index contributed by atoms with van der Waals surface area (Å²) in [6.45, 7) is 4.34. The summed E-state index contributed by atoms with van der Waals surface area (Å²) in [4.78, 5) is 14.2. The van der Waals surface area contributed by atoms with Crippen LogP contribution in [-0.2, 0) is 14.8 Å². The van der Waals surface area contributed by atoms with E-state index in [1.165, 1.54) is 22.5 Å². The first kappa shape index (κ1) is 20.0. The Hall–Kier alpha value is -1.28. The molecule has 2 aliphatic heterocycles. The number of ketones is 1. The van der Waals surface area contributed by atoms with E-state index in [1.807, 2.05) is 0 Å². The molecule has 0 unspecified atom stereocenters. The van der Waals surface area contributed by atoms with Crippen molar-refractivity contribution in [1.82, 2.24) is 14.5 Å². The number of likely N-dealkylation sites (tertiary alicyclic amines) is 1. The van der Waals surface area contributed by atoms with Gasteiger partial charge in [0.25, 0.3) is 0 Å². The Morgan fingerprint density at radius 2 is 1.82 bits per heavy atom. The molecule has 2 saturated heterocycles. The Morgan fingerprint density at radius 1 is 1.18 bits per heavy atom. The topological polar surface area (TPSA) is 69.7 Å². The van der Waals surface area contributed by atoms with Gasteiger partial charge in [0.2, 0.25) is 10.0 Å². The molecule has 0 spiro atoms. The minimum atomic E-state index is -3.18. The van der Waals surface area contributed by atoms with Crippen LogP contribution in [0.25, 0.3) is 0 Å². The van der Waals surface area contributed by atoms with Crippen molar-refractivity contribution in [1.29, 1.82) is 0 Å². The smallest absolute Gasteiger partial charge is 0.211 e. The quantitative estimate of drug-likeness (QED) is 0.746. The van der Waals surface area contributed by atoms with Crippen molar-refractivity contribution >= 4 is 15.8 Å². The van der Waals surface area contributed by atoms with Gasteiger partial charge in [0, 0.05) is 50.6 Å². The van der Waals surface area contributed by atoms with Crippen LogP contribution in [0.5, 0.6) is 0 Å². The van der Waals surface area contributed by atoms with Crippen LogP contribution in [0.1, 0.15) is 44.1 Å². The van der Waals surface area contributed by atoms with E-state index in [2.05, 4.69) is 40.5 Å². The molecule has 0 amide bonds. The summed E-state index contributed by atoms with van der Waals surface area (Å²) < 4.78 is 25.1. The molecule has 1 aliphatic carbocycles. The summed E-state index contributed by atoms with van der Waals surface area (Å²) in [5.41, 5.74) is 1.12. The lowest BCUT2D eigenvalue weighted by molar-refractivity contribution is -0.124. The number of piperidine rings is 1. The average molecular weight is 406 g/mol. The van der Waals surface area contributed by atoms with E-state index in [4.69, 9.17) is 0 Å². The number of nitrogens with zero attached hydrogens (tertiary/aromatic N) is 2. The van der Waals surface area contributed by atoms with Crippen LogP contribution in [0.2, 0.25) is 0 Å². The summed E-state index contributed by atoms with van der Waals surface area (Å²) >= 11 is 0. The number of Topliss-reactive ketones (excluding diaryl/α,β-unsaturated/α-hetero) is 1. The number of carbonyl (C=O) groups excluding carboxylic acids is 1. The first-order valence-electron chi connectivity index (χ1n) is 10.3. The molecule has 154 valence electrons. The van der Waals surface area contributed by atoms with Crippen LogP contribution in [0.4, 0.5) is 0 Å². The molecule has 0 radical (unpaired) electrons. The third kappa shape index (κ3) is 4.17. The molecule has 3 fully saturated rings. The van der Waals surface area contributed by atoms with Crippen molar-refractivity contribution in [2.24, 2.45) is 0 Å². The van der Waals surface area contributed by atoms with Crippen molar-refractivity contribution in [2.45, 2.75) is 56.1 Å². The molecule has 0 bridgehead atoms. The molecule has 2 heterocycles. The van der Waals surface area contributed by atoms with Gasteiger partial charge in [-0.3, -0.25) is 9.69 Å². The number of benzene rings is 1.